The number of esters is 1. The minimum atomic E-state index is -0.731. The van der Waals surface area contributed by atoms with Crippen molar-refractivity contribution in [3.63, 3.8) is 0 Å². The largest absolute Gasteiger partial charge is 0.449 e. The van der Waals surface area contributed by atoms with E-state index in [-0.39, 0.29) is 11.9 Å². The summed E-state index contributed by atoms with van der Waals surface area (Å²) in [4.78, 5) is 36.0. The zero-order valence-corrected chi connectivity index (χ0v) is 17.0. The van der Waals surface area contributed by atoms with Crippen molar-refractivity contribution in [3.8, 4) is 11.1 Å². The first kappa shape index (κ1) is 18.2. The number of aromatic nitrogens is 2. The Labute approximate surface area is 179 Å². The lowest BCUT2D eigenvalue weighted by atomic mass is 9.91. The number of benzene rings is 1. The summed E-state index contributed by atoms with van der Waals surface area (Å²) >= 11 is 0. The van der Waals surface area contributed by atoms with Crippen molar-refractivity contribution in [1.29, 1.82) is 0 Å². The maximum Gasteiger partial charge on any atom is 0.341 e. The fraction of sp³-hybridized carbons (Fsp3) is 0.280. The van der Waals surface area contributed by atoms with Crippen LogP contribution in [0, 0.1) is 0 Å². The van der Waals surface area contributed by atoms with E-state index in [4.69, 9.17) is 4.74 Å². The van der Waals surface area contributed by atoms with Crippen molar-refractivity contribution in [1.82, 2.24) is 14.9 Å². The number of rotatable bonds is 3. The Morgan fingerprint density at radius 2 is 1.74 bits per heavy atom. The summed E-state index contributed by atoms with van der Waals surface area (Å²) in [5, 5.41) is 0. The number of carbonyl (C=O) groups is 2. The molecule has 0 radical (unpaired) electrons. The molecule has 3 aliphatic rings. The lowest BCUT2D eigenvalue weighted by Crippen LogP contribution is -2.40. The van der Waals surface area contributed by atoms with Gasteiger partial charge in [0.2, 0.25) is 5.91 Å². The van der Waals surface area contributed by atoms with Crippen LogP contribution in [0.1, 0.15) is 40.7 Å². The van der Waals surface area contributed by atoms with Crippen molar-refractivity contribution in [3.05, 3.63) is 83.9 Å². The van der Waals surface area contributed by atoms with Crippen LogP contribution in [0.15, 0.2) is 67.3 Å². The highest BCUT2D eigenvalue weighted by Crippen LogP contribution is 2.52. The molecule has 0 bridgehead atoms. The Hall–Kier alpha value is -3.54. The van der Waals surface area contributed by atoms with E-state index in [0.29, 0.717) is 25.1 Å². The summed E-state index contributed by atoms with van der Waals surface area (Å²) in [5.41, 5.74) is 3.39. The molecule has 1 unspecified atom stereocenters. The molecule has 1 spiro atoms. The number of carbonyl (C=O) groups excluding carboxylic acids is 2. The molecule has 1 atom stereocenters. The molecule has 1 aliphatic carbocycles. The van der Waals surface area contributed by atoms with Gasteiger partial charge in [-0.2, -0.15) is 0 Å². The van der Waals surface area contributed by atoms with E-state index in [2.05, 4.69) is 34.2 Å². The van der Waals surface area contributed by atoms with Crippen LogP contribution in [0.4, 0.5) is 0 Å². The van der Waals surface area contributed by atoms with Gasteiger partial charge in [-0.05, 0) is 41.7 Å². The highest BCUT2D eigenvalue weighted by atomic mass is 16.6. The third kappa shape index (κ3) is 2.71. The van der Waals surface area contributed by atoms with Gasteiger partial charge in [-0.1, -0.05) is 30.3 Å². The average molecular weight is 411 g/mol. The van der Waals surface area contributed by atoms with Crippen molar-refractivity contribution < 1.29 is 14.3 Å². The number of nitrogens with zero attached hydrogens (tertiary/aromatic N) is 3. The van der Waals surface area contributed by atoms with Crippen molar-refractivity contribution in [2.45, 2.75) is 30.3 Å². The summed E-state index contributed by atoms with van der Waals surface area (Å²) in [7, 11) is 0. The SMILES string of the molecule is O=C1OC2(CCN(C(=O)C3(c4ccc(-c5cccnc5)cc4)CC3)C2)c2ccncc21. The minimum absolute atomic E-state index is 0.136. The van der Waals surface area contributed by atoms with E-state index >= 15 is 0 Å². The molecule has 6 nitrogen and oxygen atoms in total. The van der Waals surface area contributed by atoms with Gasteiger partial charge >= 0.3 is 5.97 Å². The van der Waals surface area contributed by atoms with Crippen LogP contribution in [-0.2, 0) is 20.5 Å². The number of hydrogen-bond acceptors (Lipinski definition) is 5. The molecule has 1 saturated carbocycles. The molecular weight excluding hydrogens is 390 g/mol. The molecule has 1 saturated heterocycles. The Kier molecular flexibility index (Phi) is 3.81. The summed E-state index contributed by atoms with van der Waals surface area (Å²) in [6, 6.07) is 14.0. The first-order valence-corrected chi connectivity index (χ1v) is 10.6. The third-order valence-corrected chi connectivity index (χ3v) is 6.93. The van der Waals surface area contributed by atoms with Gasteiger partial charge in [0, 0.05) is 43.3 Å². The number of ether oxygens (including phenoxy) is 1. The molecule has 6 heteroatoms. The standard InChI is InChI=1S/C25H21N3O3/c29-22-20-15-27-12-7-21(20)25(31-22)10-13-28(16-25)23(30)24(8-9-24)19-5-3-17(4-6-19)18-2-1-11-26-14-18/h1-7,11-12,14-15H,8-10,13,16H2. The van der Waals surface area contributed by atoms with Crippen LogP contribution in [0.2, 0.25) is 0 Å². The predicted molar refractivity (Wildman–Crippen MR) is 113 cm³/mol. The van der Waals surface area contributed by atoms with E-state index in [1.165, 1.54) is 0 Å². The third-order valence-electron chi connectivity index (χ3n) is 6.93. The van der Waals surface area contributed by atoms with E-state index in [1.807, 2.05) is 29.3 Å². The number of amides is 1. The van der Waals surface area contributed by atoms with Crippen LogP contribution >= 0.6 is 0 Å². The molecule has 2 aliphatic heterocycles. The van der Waals surface area contributed by atoms with E-state index < -0.39 is 11.0 Å². The normalized spacial score (nSPS) is 23.0. The molecule has 0 N–H and O–H groups in total. The highest BCUT2D eigenvalue weighted by Gasteiger charge is 2.57. The Morgan fingerprint density at radius 3 is 2.48 bits per heavy atom. The molecule has 154 valence electrons. The fourth-order valence-corrected chi connectivity index (χ4v) is 5.07. The monoisotopic (exact) mass is 411 g/mol. The first-order chi connectivity index (χ1) is 15.1. The minimum Gasteiger partial charge on any atom is -0.449 e. The van der Waals surface area contributed by atoms with Crippen molar-refractivity contribution in [2.75, 3.05) is 13.1 Å². The maximum absolute atomic E-state index is 13.6. The van der Waals surface area contributed by atoms with Crippen LogP contribution in [0.5, 0.6) is 0 Å². The average Bonchev–Trinajstić information content (AvgIpc) is 3.46. The van der Waals surface area contributed by atoms with Gasteiger partial charge in [-0.25, -0.2) is 4.79 Å². The zero-order chi connectivity index (χ0) is 21.1. The van der Waals surface area contributed by atoms with E-state index in [1.54, 1.807) is 18.6 Å². The van der Waals surface area contributed by atoms with E-state index in [0.717, 1.165) is 35.1 Å². The molecule has 6 rings (SSSR count). The van der Waals surface area contributed by atoms with Crippen molar-refractivity contribution >= 4 is 11.9 Å². The molecule has 2 fully saturated rings. The molecular formula is C25H21N3O3. The topological polar surface area (TPSA) is 72.4 Å². The van der Waals surface area contributed by atoms with Gasteiger partial charge < -0.3 is 9.64 Å². The highest BCUT2D eigenvalue weighted by molar-refractivity contribution is 5.95. The molecule has 31 heavy (non-hydrogen) atoms. The lowest BCUT2D eigenvalue weighted by molar-refractivity contribution is -0.134. The van der Waals surface area contributed by atoms with Crippen LogP contribution in [0.3, 0.4) is 0 Å². The van der Waals surface area contributed by atoms with Gasteiger partial charge in [-0.15, -0.1) is 0 Å². The summed E-state index contributed by atoms with van der Waals surface area (Å²) < 4.78 is 5.79. The van der Waals surface area contributed by atoms with Crippen LogP contribution in [-0.4, -0.2) is 39.8 Å². The van der Waals surface area contributed by atoms with Gasteiger partial charge in [0.25, 0.3) is 0 Å². The van der Waals surface area contributed by atoms with E-state index in [9.17, 15) is 9.59 Å². The summed E-state index contributed by atoms with van der Waals surface area (Å²) in [6.45, 7) is 0.994. The lowest BCUT2D eigenvalue weighted by Gasteiger charge is -2.27. The molecule has 4 heterocycles. The second kappa shape index (κ2) is 6.48. The number of fused-ring (bicyclic) bond motifs is 2. The predicted octanol–water partition coefficient (Wildman–Crippen LogP) is 3.47. The van der Waals surface area contributed by atoms with Gasteiger partial charge in [0.1, 0.15) is 0 Å². The Morgan fingerprint density at radius 1 is 0.935 bits per heavy atom. The second-order valence-corrected chi connectivity index (χ2v) is 8.68. The summed E-state index contributed by atoms with van der Waals surface area (Å²) in [5.74, 6) is -0.207. The smallest absolute Gasteiger partial charge is 0.341 e. The molecule has 1 amide bonds. The zero-order valence-electron chi connectivity index (χ0n) is 17.0. The first-order valence-electron chi connectivity index (χ1n) is 10.6. The molecule has 3 aromatic rings. The molecule has 2 aromatic heterocycles. The van der Waals surface area contributed by atoms with Crippen LogP contribution < -0.4 is 0 Å². The van der Waals surface area contributed by atoms with Crippen LogP contribution in [0.25, 0.3) is 11.1 Å². The maximum atomic E-state index is 13.6. The van der Waals surface area contributed by atoms with Crippen molar-refractivity contribution in [2.24, 2.45) is 0 Å². The number of hydrogen-bond donors (Lipinski definition) is 0. The Balaban J connectivity index is 1.25. The van der Waals surface area contributed by atoms with Gasteiger partial charge in [0.05, 0.1) is 17.5 Å². The Bertz CT molecular complexity index is 1190. The van der Waals surface area contributed by atoms with Gasteiger partial charge in [0.15, 0.2) is 5.60 Å². The molecule has 1 aromatic carbocycles. The number of pyridine rings is 2. The fourth-order valence-electron chi connectivity index (χ4n) is 5.07. The summed E-state index contributed by atoms with van der Waals surface area (Å²) in [6.07, 6.45) is 9.16. The quantitative estimate of drug-likeness (QED) is 0.617. The van der Waals surface area contributed by atoms with Gasteiger partial charge in [-0.3, -0.25) is 14.8 Å². The number of likely N-dealkylation sites (tertiary alicyclic amines) is 1. The second-order valence-electron chi connectivity index (χ2n) is 8.68.